The standard InChI is InChI=1S/C60H39NO/c1-2-15-45-38-47(27-26-40(45)12-1)42-30-35-50(36-31-42)61(49-33-28-41(29-34-49)46-17-9-18-48(39-46)52-22-10-16-43-13-3-5-19-51(43)52)58-25-8-7-21-54(58)55-23-11-24-56-57-37-32-44-14-4-6-20-53(44)59(57)62-60(55)56/h1-39H. The lowest BCUT2D eigenvalue weighted by Crippen LogP contribution is -2.11. The zero-order valence-corrected chi connectivity index (χ0v) is 33.9. The molecule has 12 aromatic rings. The summed E-state index contributed by atoms with van der Waals surface area (Å²) in [4.78, 5) is 2.38. The first-order valence-electron chi connectivity index (χ1n) is 21.2. The maximum absolute atomic E-state index is 6.90. The van der Waals surface area contributed by atoms with Crippen LogP contribution in [0.4, 0.5) is 17.1 Å². The van der Waals surface area contributed by atoms with Crippen molar-refractivity contribution in [3.05, 3.63) is 237 Å². The topological polar surface area (TPSA) is 16.4 Å². The van der Waals surface area contributed by atoms with Gasteiger partial charge in [0.05, 0.1) is 5.69 Å². The van der Waals surface area contributed by atoms with Gasteiger partial charge in [0.25, 0.3) is 0 Å². The van der Waals surface area contributed by atoms with E-state index in [4.69, 9.17) is 4.42 Å². The van der Waals surface area contributed by atoms with Gasteiger partial charge in [-0.05, 0) is 109 Å². The fraction of sp³-hybridized carbons (Fsp3) is 0. The minimum absolute atomic E-state index is 0.888. The van der Waals surface area contributed by atoms with Gasteiger partial charge in [-0.1, -0.05) is 188 Å². The molecule has 0 aliphatic carbocycles. The number of rotatable bonds is 7. The normalized spacial score (nSPS) is 11.5. The first-order chi connectivity index (χ1) is 30.7. The van der Waals surface area contributed by atoms with Crippen molar-refractivity contribution in [2.24, 2.45) is 0 Å². The predicted octanol–water partition coefficient (Wildman–Crippen LogP) is 17.2. The van der Waals surface area contributed by atoms with Crippen LogP contribution in [0.1, 0.15) is 0 Å². The lowest BCUT2D eigenvalue weighted by Gasteiger charge is -2.28. The molecule has 0 unspecified atom stereocenters. The Labute approximate surface area is 360 Å². The summed E-state index contributed by atoms with van der Waals surface area (Å²) in [6, 6.07) is 85.4. The molecule has 0 N–H and O–H groups in total. The molecular weight excluding hydrogens is 751 g/mol. The summed E-state index contributed by atoms with van der Waals surface area (Å²) in [5.41, 5.74) is 14.3. The maximum Gasteiger partial charge on any atom is 0.143 e. The second kappa shape index (κ2) is 14.8. The van der Waals surface area contributed by atoms with Crippen molar-refractivity contribution in [2.45, 2.75) is 0 Å². The van der Waals surface area contributed by atoms with E-state index in [2.05, 4.69) is 241 Å². The highest BCUT2D eigenvalue weighted by Crippen LogP contribution is 2.46. The number of para-hydroxylation sites is 2. The quantitative estimate of drug-likeness (QED) is 0.160. The Morgan fingerprint density at radius 1 is 0.258 bits per heavy atom. The average Bonchev–Trinajstić information content (AvgIpc) is 3.74. The molecule has 290 valence electrons. The molecule has 1 aromatic heterocycles. The predicted molar refractivity (Wildman–Crippen MR) is 263 cm³/mol. The van der Waals surface area contributed by atoms with Crippen LogP contribution in [0, 0.1) is 0 Å². The molecule has 11 aromatic carbocycles. The molecule has 0 aliphatic heterocycles. The number of nitrogens with zero attached hydrogens (tertiary/aromatic N) is 1. The largest absolute Gasteiger partial charge is 0.455 e. The summed E-state index contributed by atoms with van der Waals surface area (Å²) in [5, 5.41) is 9.51. The van der Waals surface area contributed by atoms with Crippen molar-refractivity contribution in [1.29, 1.82) is 0 Å². The van der Waals surface area contributed by atoms with Crippen LogP contribution in [0.25, 0.3) is 98.8 Å². The molecule has 0 bridgehead atoms. The fourth-order valence-corrected chi connectivity index (χ4v) is 9.38. The minimum Gasteiger partial charge on any atom is -0.455 e. The molecule has 0 saturated heterocycles. The van der Waals surface area contributed by atoms with E-state index in [-0.39, 0.29) is 0 Å². The van der Waals surface area contributed by atoms with E-state index >= 15 is 0 Å². The lowest BCUT2D eigenvalue weighted by atomic mass is 9.95. The Kier molecular flexibility index (Phi) is 8.53. The second-order valence-electron chi connectivity index (χ2n) is 16.1. The van der Waals surface area contributed by atoms with Crippen LogP contribution in [0.2, 0.25) is 0 Å². The van der Waals surface area contributed by atoms with Crippen molar-refractivity contribution in [1.82, 2.24) is 0 Å². The Morgan fingerprint density at radius 2 is 0.758 bits per heavy atom. The first-order valence-corrected chi connectivity index (χ1v) is 21.2. The van der Waals surface area contributed by atoms with Gasteiger partial charge in [0, 0.05) is 38.7 Å². The zero-order valence-electron chi connectivity index (χ0n) is 33.9. The Balaban J connectivity index is 0.989. The molecule has 0 amide bonds. The molecule has 62 heavy (non-hydrogen) atoms. The number of fused-ring (bicyclic) bond motifs is 7. The third kappa shape index (κ3) is 6.12. The summed E-state index contributed by atoms with van der Waals surface area (Å²) in [7, 11) is 0. The molecule has 0 spiro atoms. The Morgan fingerprint density at radius 3 is 1.55 bits per heavy atom. The van der Waals surface area contributed by atoms with Crippen LogP contribution >= 0.6 is 0 Å². The van der Waals surface area contributed by atoms with E-state index in [1.165, 1.54) is 54.7 Å². The molecule has 0 atom stereocenters. The smallest absolute Gasteiger partial charge is 0.143 e. The molecule has 2 nitrogen and oxygen atoms in total. The fourth-order valence-electron chi connectivity index (χ4n) is 9.38. The number of furan rings is 1. The molecule has 0 radical (unpaired) electrons. The molecule has 0 saturated carbocycles. The molecule has 12 rings (SSSR count). The Bertz CT molecular complexity index is 3630. The highest BCUT2D eigenvalue weighted by molar-refractivity contribution is 6.17. The van der Waals surface area contributed by atoms with Gasteiger partial charge in [0.2, 0.25) is 0 Å². The van der Waals surface area contributed by atoms with E-state index in [9.17, 15) is 0 Å². The van der Waals surface area contributed by atoms with E-state index < -0.39 is 0 Å². The monoisotopic (exact) mass is 789 g/mol. The number of benzene rings is 11. The van der Waals surface area contributed by atoms with Crippen molar-refractivity contribution >= 4 is 71.3 Å². The van der Waals surface area contributed by atoms with E-state index in [1.54, 1.807) is 0 Å². The molecule has 0 aliphatic rings. The highest BCUT2D eigenvalue weighted by Gasteiger charge is 2.21. The summed E-state index contributed by atoms with van der Waals surface area (Å²) in [6.45, 7) is 0. The summed E-state index contributed by atoms with van der Waals surface area (Å²) in [5.74, 6) is 0. The molecular formula is C60H39NO. The number of anilines is 3. The van der Waals surface area contributed by atoms with E-state index in [1.807, 2.05) is 0 Å². The van der Waals surface area contributed by atoms with Crippen molar-refractivity contribution in [3.63, 3.8) is 0 Å². The third-order valence-electron chi connectivity index (χ3n) is 12.5. The summed E-state index contributed by atoms with van der Waals surface area (Å²) >= 11 is 0. The third-order valence-corrected chi connectivity index (χ3v) is 12.5. The van der Waals surface area contributed by atoms with Crippen molar-refractivity contribution in [2.75, 3.05) is 4.90 Å². The van der Waals surface area contributed by atoms with Gasteiger partial charge in [-0.2, -0.15) is 0 Å². The molecule has 0 fully saturated rings. The van der Waals surface area contributed by atoms with Gasteiger partial charge < -0.3 is 9.32 Å². The molecule has 1 heterocycles. The van der Waals surface area contributed by atoms with Gasteiger partial charge in [0.1, 0.15) is 11.2 Å². The van der Waals surface area contributed by atoms with Gasteiger partial charge in [0.15, 0.2) is 0 Å². The SMILES string of the molecule is c1cc(-c2ccc(N(c3ccc(-c4ccc5ccccc5c4)cc3)c3ccccc3-c3cccc4c3oc3c5ccccc5ccc43)cc2)cc(-c2cccc3ccccc23)c1. The summed E-state index contributed by atoms with van der Waals surface area (Å²) < 4.78 is 6.90. The van der Waals surface area contributed by atoms with Crippen LogP contribution < -0.4 is 4.90 Å². The molecule has 2 heteroatoms. The van der Waals surface area contributed by atoms with Crippen LogP contribution in [0.3, 0.4) is 0 Å². The zero-order chi connectivity index (χ0) is 41.0. The van der Waals surface area contributed by atoms with Gasteiger partial charge in [-0.25, -0.2) is 0 Å². The van der Waals surface area contributed by atoms with Crippen LogP contribution in [0.5, 0.6) is 0 Å². The van der Waals surface area contributed by atoms with Gasteiger partial charge >= 0.3 is 0 Å². The van der Waals surface area contributed by atoms with Crippen molar-refractivity contribution < 1.29 is 4.42 Å². The number of hydrogen-bond acceptors (Lipinski definition) is 2. The maximum atomic E-state index is 6.90. The second-order valence-corrected chi connectivity index (χ2v) is 16.1. The number of hydrogen-bond donors (Lipinski definition) is 0. The lowest BCUT2D eigenvalue weighted by molar-refractivity contribution is 0.674. The Hall–Kier alpha value is -8.20. The van der Waals surface area contributed by atoms with Crippen LogP contribution in [-0.4, -0.2) is 0 Å². The first kappa shape index (κ1) is 35.7. The minimum atomic E-state index is 0.888. The summed E-state index contributed by atoms with van der Waals surface area (Å²) in [6.07, 6.45) is 0. The van der Waals surface area contributed by atoms with E-state index in [0.717, 1.165) is 61.1 Å². The van der Waals surface area contributed by atoms with Gasteiger partial charge in [-0.15, -0.1) is 0 Å². The van der Waals surface area contributed by atoms with Gasteiger partial charge in [-0.3, -0.25) is 0 Å². The van der Waals surface area contributed by atoms with Crippen molar-refractivity contribution in [3.8, 4) is 44.5 Å². The van der Waals surface area contributed by atoms with Crippen LogP contribution in [0.15, 0.2) is 241 Å². The average molecular weight is 790 g/mol. The van der Waals surface area contributed by atoms with Crippen LogP contribution in [-0.2, 0) is 0 Å². The van der Waals surface area contributed by atoms with E-state index in [0.29, 0.717) is 0 Å². The highest BCUT2D eigenvalue weighted by atomic mass is 16.3.